The number of pyridine rings is 1. The summed E-state index contributed by atoms with van der Waals surface area (Å²) in [6.45, 7) is -2.49. The first-order chi connectivity index (χ1) is 13.1. The number of carbonyl (C=O) groups is 1. The topological polar surface area (TPSA) is 101 Å². The minimum absolute atomic E-state index is 0.105. The van der Waals surface area contributed by atoms with Gasteiger partial charge in [0.25, 0.3) is 0 Å². The maximum absolute atomic E-state index is 14.3. The highest BCUT2D eigenvalue weighted by Crippen LogP contribution is 2.38. The van der Waals surface area contributed by atoms with Crippen LogP contribution in [-0.2, 0) is 11.3 Å². The average molecular weight is 471 g/mol. The first kappa shape index (κ1) is 21.6. The standard InChI is InChI=1S/C15H11BrF4N2O6/c1-2-27-14(24)6-5-21(4-3-16)11-7(12(6)23)10(22(25)26)8(17)9(18)13(11)28-15(19)20/h5,15H,2-4H2,1H3. The molecule has 2 rings (SSSR count). The zero-order chi connectivity index (χ0) is 21.2. The van der Waals surface area contributed by atoms with Gasteiger partial charge in [-0.3, -0.25) is 14.9 Å². The SMILES string of the molecule is CCOC(=O)c1cn(CCBr)c2c(OC(F)F)c(F)c(F)c([N+](=O)[O-])c2c1=O. The number of nitro benzene ring substituents is 1. The van der Waals surface area contributed by atoms with Gasteiger partial charge in [0.05, 0.1) is 11.5 Å². The van der Waals surface area contributed by atoms with Crippen molar-refractivity contribution >= 4 is 38.5 Å². The summed E-state index contributed by atoms with van der Waals surface area (Å²) >= 11 is 3.03. The molecule has 1 aromatic carbocycles. The van der Waals surface area contributed by atoms with E-state index in [9.17, 15) is 37.3 Å². The Hall–Kier alpha value is -2.70. The van der Waals surface area contributed by atoms with Gasteiger partial charge in [0.15, 0.2) is 5.75 Å². The Morgan fingerprint density at radius 1 is 1.36 bits per heavy atom. The van der Waals surface area contributed by atoms with Crippen molar-refractivity contribution in [3.05, 3.63) is 43.7 Å². The lowest BCUT2D eigenvalue weighted by Gasteiger charge is -2.17. The van der Waals surface area contributed by atoms with Crippen LogP contribution in [0.1, 0.15) is 17.3 Å². The molecule has 0 aliphatic rings. The second-order valence-corrected chi connectivity index (χ2v) is 5.93. The van der Waals surface area contributed by atoms with Gasteiger partial charge in [-0.05, 0) is 6.92 Å². The summed E-state index contributed by atoms with van der Waals surface area (Å²) in [7, 11) is 0. The molecular weight excluding hydrogens is 460 g/mol. The van der Waals surface area contributed by atoms with Crippen LogP contribution in [0.4, 0.5) is 23.2 Å². The average Bonchev–Trinajstić information content (AvgIpc) is 2.60. The van der Waals surface area contributed by atoms with Gasteiger partial charge in [-0.1, -0.05) is 15.9 Å². The molecule has 152 valence electrons. The van der Waals surface area contributed by atoms with Crippen molar-refractivity contribution in [2.24, 2.45) is 0 Å². The highest BCUT2D eigenvalue weighted by atomic mass is 79.9. The number of nitrogens with zero attached hydrogens (tertiary/aromatic N) is 2. The van der Waals surface area contributed by atoms with Gasteiger partial charge in [-0.2, -0.15) is 17.6 Å². The van der Waals surface area contributed by atoms with Gasteiger partial charge >= 0.3 is 18.3 Å². The van der Waals surface area contributed by atoms with Crippen LogP contribution in [0.5, 0.6) is 5.75 Å². The Morgan fingerprint density at radius 3 is 2.50 bits per heavy atom. The molecule has 0 bridgehead atoms. The quantitative estimate of drug-likeness (QED) is 0.202. The molecule has 0 saturated heterocycles. The van der Waals surface area contributed by atoms with Crippen LogP contribution in [0, 0.1) is 21.7 Å². The number of hydrogen-bond donors (Lipinski definition) is 0. The normalized spacial score (nSPS) is 11.1. The molecule has 0 atom stereocenters. The molecule has 0 saturated carbocycles. The van der Waals surface area contributed by atoms with Crippen LogP contribution in [-0.4, -0.2) is 34.0 Å². The molecule has 0 radical (unpaired) electrons. The van der Waals surface area contributed by atoms with Crippen molar-refractivity contribution in [2.75, 3.05) is 11.9 Å². The maximum Gasteiger partial charge on any atom is 0.387 e. The lowest BCUT2D eigenvalue weighted by atomic mass is 10.1. The van der Waals surface area contributed by atoms with Gasteiger partial charge in [0, 0.05) is 18.1 Å². The van der Waals surface area contributed by atoms with Crippen molar-refractivity contribution < 1.29 is 36.8 Å². The van der Waals surface area contributed by atoms with E-state index < -0.39 is 62.5 Å². The highest BCUT2D eigenvalue weighted by molar-refractivity contribution is 9.09. The Labute approximate surface area is 161 Å². The predicted octanol–water partition coefficient (Wildman–Crippen LogP) is 3.36. The largest absolute Gasteiger partial charge is 0.462 e. The molecule has 0 unspecified atom stereocenters. The minimum Gasteiger partial charge on any atom is -0.462 e. The number of ether oxygens (including phenoxy) is 2. The van der Waals surface area contributed by atoms with Crippen LogP contribution < -0.4 is 10.2 Å². The van der Waals surface area contributed by atoms with Crippen molar-refractivity contribution in [2.45, 2.75) is 20.1 Å². The van der Waals surface area contributed by atoms with Crippen LogP contribution in [0.15, 0.2) is 11.0 Å². The fourth-order valence-electron chi connectivity index (χ4n) is 2.54. The zero-order valence-corrected chi connectivity index (χ0v) is 15.6. The van der Waals surface area contributed by atoms with E-state index in [4.69, 9.17) is 0 Å². The molecule has 13 heteroatoms. The summed E-state index contributed by atoms with van der Waals surface area (Å²) in [5.41, 5.74) is -4.49. The molecule has 0 aliphatic carbocycles. The van der Waals surface area contributed by atoms with Crippen molar-refractivity contribution in [1.29, 1.82) is 0 Å². The third-order valence-corrected chi connectivity index (χ3v) is 3.90. The number of aromatic nitrogens is 1. The van der Waals surface area contributed by atoms with Crippen molar-refractivity contribution in [1.82, 2.24) is 4.57 Å². The van der Waals surface area contributed by atoms with E-state index in [1.807, 2.05) is 0 Å². The number of nitro groups is 1. The Kier molecular flexibility index (Phi) is 6.59. The van der Waals surface area contributed by atoms with E-state index in [1.54, 1.807) is 0 Å². The van der Waals surface area contributed by atoms with Crippen LogP contribution >= 0.6 is 15.9 Å². The van der Waals surface area contributed by atoms with E-state index in [0.717, 1.165) is 10.8 Å². The first-order valence-electron chi connectivity index (χ1n) is 7.56. The van der Waals surface area contributed by atoms with Gasteiger partial charge < -0.3 is 14.0 Å². The molecule has 0 aliphatic heterocycles. The number of carbonyl (C=O) groups excluding carboxylic acids is 1. The van der Waals surface area contributed by atoms with Crippen molar-refractivity contribution in [3.63, 3.8) is 0 Å². The van der Waals surface area contributed by atoms with E-state index >= 15 is 0 Å². The third-order valence-electron chi connectivity index (χ3n) is 3.54. The number of benzene rings is 1. The first-order valence-corrected chi connectivity index (χ1v) is 8.68. The molecule has 0 N–H and O–H groups in total. The second-order valence-electron chi connectivity index (χ2n) is 5.14. The summed E-state index contributed by atoms with van der Waals surface area (Å²) < 4.78 is 63.6. The van der Waals surface area contributed by atoms with E-state index in [0.29, 0.717) is 0 Å². The number of alkyl halides is 3. The maximum atomic E-state index is 14.3. The lowest BCUT2D eigenvalue weighted by Crippen LogP contribution is -2.23. The number of aryl methyl sites for hydroxylation is 1. The summed E-state index contributed by atoms with van der Waals surface area (Å²) in [5.74, 6) is -6.79. The fourth-order valence-corrected chi connectivity index (χ4v) is 2.92. The number of fused-ring (bicyclic) bond motifs is 1. The highest BCUT2D eigenvalue weighted by Gasteiger charge is 2.34. The summed E-state index contributed by atoms with van der Waals surface area (Å²) in [5, 5.41) is 10.3. The second kappa shape index (κ2) is 8.54. The van der Waals surface area contributed by atoms with Gasteiger partial charge in [0.1, 0.15) is 16.5 Å². The Morgan fingerprint density at radius 2 is 2.00 bits per heavy atom. The molecule has 0 fully saturated rings. The molecule has 8 nitrogen and oxygen atoms in total. The van der Waals surface area contributed by atoms with E-state index in [2.05, 4.69) is 25.4 Å². The fraction of sp³-hybridized carbons (Fsp3) is 0.333. The van der Waals surface area contributed by atoms with Crippen LogP contribution in [0.2, 0.25) is 0 Å². The van der Waals surface area contributed by atoms with Crippen LogP contribution in [0.25, 0.3) is 10.9 Å². The Balaban J connectivity index is 3.13. The number of hydrogen-bond acceptors (Lipinski definition) is 6. The minimum atomic E-state index is -3.61. The predicted molar refractivity (Wildman–Crippen MR) is 91.2 cm³/mol. The smallest absolute Gasteiger partial charge is 0.387 e. The van der Waals surface area contributed by atoms with E-state index in [1.165, 1.54) is 6.92 Å². The van der Waals surface area contributed by atoms with Crippen molar-refractivity contribution in [3.8, 4) is 5.75 Å². The molecule has 1 heterocycles. The molecule has 1 aromatic heterocycles. The number of rotatable bonds is 7. The monoisotopic (exact) mass is 470 g/mol. The van der Waals surface area contributed by atoms with Crippen LogP contribution in [0.3, 0.4) is 0 Å². The third kappa shape index (κ3) is 3.79. The number of esters is 1. The van der Waals surface area contributed by atoms with Gasteiger partial charge in [-0.15, -0.1) is 0 Å². The summed E-state index contributed by atoms with van der Waals surface area (Å²) in [6.07, 6.45) is 0.851. The zero-order valence-electron chi connectivity index (χ0n) is 14.0. The van der Waals surface area contributed by atoms with Gasteiger partial charge in [-0.25, -0.2) is 4.79 Å². The lowest BCUT2D eigenvalue weighted by molar-refractivity contribution is -0.386. The summed E-state index contributed by atoms with van der Waals surface area (Å²) in [6, 6.07) is 0. The molecule has 2 aromatic rings. The summed E-state index contributed by atoms with van der Waals surface area (Å²) in [4.78, 5) is 34.6. The Bertz CT molecular complexity index is 1010. The van der Waals surface area contributed by atoms with Gasteiger partial charge in [0.2, 0.25) is 17.1 Å². The molecule has 0 amide bonds. The molecule has 0 spiro atoms. The molecule has 28 heavy (non-hydrogen) atoms. The van der Waals surface area contributed by atoms with E-state index in [-0.39, 0.29) is 18.5 Å². The number of halogens is 5. The molecular formula is C15H11BrF4N2O6.